The van der Waals surface area contributed by atoms with Gasteiger partial charge < -0.3 is 4.74 Å². The molecule has 1 aromatic heterocycles. The molecule has 3 rings (SSSR count). The number of benzene rings is 2. The Morgan fingerprint density at radius 1 is 1.14 bits per heavy atom. The number of fused-ring (bicyclic) bond motifs is 1. The second kappa shape index (κ2) is 5.34. The third-order valence-corrected chi connectivity index (χ3v) is 5.45. The van der Waals surface area contributed by atoms with Gasteiger partial charge in [0.25, 0.3) is 10.0 Å². The van der Waals surface area contributed by atoms with Gasteiger partial charge in [0.15, 0.2) is 0 Å². The number of hydrogen-bond donors (Lipinski definition) is 0. The van der Waals surface area contributed by atoms with Crippen LogP contribution in [0.15, 0.2) is 53.6 Å². The normalized spacial score (nSPS) is 11.8. The number of ether oxygens (including phenoxy) is 1. The highest BCUT2D eigenvalue weighted by molar-refractivity contribution is 7.90. The van der Waals surface area contributed by atoms with Crippen LogP contribution < -0.4 is 4.74 Å². The van der Waals surface area contributed by atoms with E-state index in [-0.39, 0.29) is 4.90 Å². The Bertz CT molecular complexity index is 946. The SMILES string of the molecule is [CH2]c1c(OC)ccc2c1c(Cl)cn2S(=O)(=O)c1ccccc1. The van der Waals surface area contributed by atoms with Crippen molar-refractivity contribution in [2.24, 2.45) is 0 Å². The first-order valence-corrected chi connectivity index (χ1v) is 8.28. The minimum Gasteiger partial charge on any atom is -0.496 e. The van der Waals surface area contributed by atoms with Crippen molar-refractivity contribution in [3.63, 3.8) is 0 Å². The molecule has 0 aliphatic heterocycles. The summed E-state index contributed by atoms with van der Waals surface area (Å²) in [6, 6.07) is 11.5. The van der Waals surface area contributed by atoms with Crippen molar-refractivity contribution in [2.45, 2.75) is 4.90 Å². The van der Waals surface area contributed by atoms with Crippen molar-refractivity contribution in [3.8, 4) is 5.75 Å². The molecular weight excluding hydrogens is 322 g/mol. The Morgan fingerprint density at radius 3 is 2.45 bits per heavy atom. The van der Waals surface area contributed by atoms with Crippen LogP contribution in [-0.2, 0) is 10.0 Å². The van der Waals surface area contributed by atoms with Crippen molar-refractivity contribution in [2.75, 3.05) is 7.11 Å². The number of aromatic nitrogens is 1. The predicted octanol–water partition coefficient (Wildman–Crippen LogP) is 3.72. The molecular formula is C16H13ClNO3S. The summed E-state index contributed by atoms with van der Waals surface area (Å²) in [6.45, 7) is 3.93. The highest BCUT2D eigenvalue weighted by Crippen LogP contribution is 2.35. The monoisotopic (exact) mass is 334 g/mol. The molecule has 0 amide bonds. The summed E-state index contributed by atoms with van der Waals surface area (Å²) in [4.78, 5) is 0.199. The van der Waals surface area contributed by atoms with Gasteiger partial charge in [-0.05, 0) is 31.2 Å². The van der Waals surface area contributed by atoms with Gasteiger partial charge in [-0.15, -0.1) is 0 Å². The average Bonchev–Trinajstić information content (AvgIpc) is 2.87. The van der Waals surface area contributed by atoms with Gasteiger partial charge in [-0.2, -0.15) is 0 Å². The topological polar surface area (TPSA) is 48.3 Å². The fourth-order valence-corrected chi connectivity index (χ4v) is 4.15. The maximum Gasteiger partial charge on any atom is 0.268 e. The van der Waals surface area contributed by atoms with Crippen LogP contribution in [0, 0.1) is 6.92 Å². The maximum atomic E-state index is 12.8. The number of hydrogen-bond acceptors (Lipinski definition) is 3. The number of halogens is 1. The van der Waals surface area contributed by atoms with Gasteiger partial charge in [0.2, 0.25) is 0 Å². The predicted molar refractivity (Wildman–Crippen MR) is 87.0 cm³/mol. The van der Waals surface area contributed by atoms with Gasteiger partial charge >= 0.3 is 0 Å². The summed E-state index contributed by atoms with van der Waals surface area (Å²) in [5, 5.41) is 0.888. The van der Waals surface area contributed by atoms with Gasteiger partial charge in [-0.25, -0.2) is 12.4 Å². The van der Waals surface area contributed by atoms with Crippen molar-refractivity contribution < 1.29 is 13.2 Å². The summed E-state index contributed by atoms with van der Waals surface area (Å²) in [7, 11) is -2.19. The molecule has 0 saturated carbocycles. The van der Waals surface area contributed by atoms with Crippen LogP contribution in [0.25, 0.3) is 10.9 Å². The highest BCUT2D eigenvalue weighted by atomic mass is 35.5. The van der Waals surface area contributed by atoms with Crippen LogP contribution >= 0.6 is 11.6 Å². The first-order chi connectivity index (χ1) is 10.5. The molecule has 0 atom stereocenters. The smallest absolute Gasteiger partial charge is 0.268 e. The van der Waals surface area contributed by atoms with Crippen molar-refractivity contribution in [1.82, 2.24) is 3.97 Å². The van der Waals surface area contributed by atoms with Crippen LogP contribution in [0.1, 0.15) is 5.56 Å². The van der Waals surface area contributed by atoms with Gasteiger partial charge in [0.05, 0.1) is 22.5 Å². The molecule has 1 radical (unpaired) electrons. The first-order valence-electron chi connectivity index (χ1n) is 6.47. The second-order valence-electron chi connectivity index (χ2n) is 4.73. The van der Waals surface area contributed by atoms with E-state index in [1.807, 2.05) is 0 Å². The number of nitrogens with zero attached hydrogens (tertiary/aromatic N) is 1. The van der Waals surface area contributed by atoms with Crippen molar-refractivity contribution in [1.29, 1.82) is 0 Å². The van der Waals surface area contributed by atoms with Crippen LogP contribution in [-0.4, -0.2) is 19.5 Å². The minimum absolute atomic E-state index is 0.199. The lowest BCUT2D eigenvalue weighted by Gasteiger charge is -2.09. The van der Waals surface area contributed by atoms with Gasteiger partial charge in [-0.3, -0.25) is 0 Å². The maximum absolute atomic E-state index is 12.8. The van der Waals surface area contributed by atoms with Gasteiger partial charge in [0.1, 0.15) is 5.75 Å². The summed E-state index contributed by atoms with van der Waals surface area (Å²) in [5.74, 6) is 0.559. The van der Waals surface area contributed by atoms with Crippen molar-refractivity contribution in [3.05, 3.63) is 66.2 Å². The lowest BCUT2D eigenvalue weighted by atomic mass is 10.1. The summed E-state index contributed by atoms with van der Waals surface area (Å²) in [6.07, 6.45) is 1.39. The van der Waals surface area contributed by atoms with Crippen LogP contribution in [0.4, 0.5) is 0 Å². The largest absolute Gasteiger partial charge is 0.496 e. The van der Waals surface area contributed by atoms with E-state index in [0.29, 0.717) is 27.2 Å². The molecule has 1 heterocycles. The summed E-state index contributed by atoms with van der Waals surface area (Å²) >= 11 is 6.22. The standard InChI is InChI=1S/C16H13ClNO3S/c1-11-15(21-2)9-8-14-16(11)13(17)10-18(14)22(19,20)12-6-4-3-5-7-12/h3-10H,1H2,2H3. The van der Waals surface area contributed by atoms with Crippen LogP contribution in [0.3, 0.4) is 0 Å². The van der Waals surface area contributed by atoms with E-state index in [4.69, 9.17) is 16.3 Å². The molecule has 0 fully saturated rings. The molecule has 4 nitrogen and oxygen atoms in total. The Hall–Kier alpha value is -1.98. The lowest BCUT2D eigenvalue weighted by molar-refractivity contribution is 0.414. The molecule has 0 aliphatic rings. The minimum atomic E-state index is -3.72. The quantitative estimate of drug-likeness (QED) is 0.733. The zero-order chi connectivity index (χ0) is 15.9. The van der Waals surface area contributed by atoms with Crippen LogP contribution in [0.5, 0.6) is 5.75 Å². The van der Waals surface area contributed by atoms with Gasteiger partial charge in [0, 0.05) is 17.1 Å². The Balaban J connectivity index is 2.32. The summed E-state index contributed by atoms with van der Waals surface area (Å²) < 4.78 is 31.9. The third-order valence-electron chi connectivity index (χ3n) is 3.47. The first kappa shape index (κ1) is 14.9. The number of methoxy groups -OCH3 is 1. The Morgan fingerprint density at radius 2 is 1.82 bits per heavy atom. The lowest BCUT2D eigenvalue weighted by Crippen LogP contribution is -2.11. The van der Waals surface area contributed by atoms with E-state index >= 15 is 0 Å². The molecule has 0 saturated heterocycles. The van der Waals surface area contributed by atoms with E-state index in [2.05, 4.69) is 6.92 Å². The molecule has 113 valence electrons. The van der Waals surface area contributed by atoms with E-state index in [0.717, 1.165) is 0 Å². The molecule has 0 spiro atoms. The van der Waals surface area contributed by atoms with Crippen molar-refractivity contribution >= 4 is 32.5 Å². The fourth-order valence-electron chi connectivity index (χ4n) is 2.40. The average molecular weight is 335 g/mol. The molecule has 0 N–H and O–H groups in total. The number of rotatable bonds is 3. The second-order valence-corrected chi connectivity index (χ2v) is 6.95. The molecule has 22 heavy (non-hydrogen) atoms. The van der Waals surface area contributed by atoms with E-state index in [9.17, 15) is 8.42 Å². The zero-order valence-electron chi connectivity index (χ0n) is 11.8. The molecule has 6 heteroatoms. The van der Waals surface area contributed by atoms with Crippen LogP contribution in [0.2, 0.25) is 5.02 Å². The molecule has 2 aromatic carbocycles. The van der Waals surface area contributed by atoms with E-state index in [1.165, 1.54) is 17.3 Å². The highest BCUT2D eigenvalue weighted by Gasteiger charge is 2.22. The third kappa shape index (κ3) is 2.17. The van der Waals surface area contributed by atoms with E-state index in [1.54, 1.807) is 42.5 Å². The van der Waals surface area contributed by atoms with Gasteiger partial charge in [-0.1, -0.05) is 29.8 Å². The van der Waals surface area contributed by atoms with E-state index < -0.39 is 10.0 Å². The molecule has 0 unspecified atom stereocenters. The summed E-state index contributed by atoms with van der Waals surface area (Å²) in [5.41, 5.74) is 1.03. The zero-order valence-corrected chi connectivity index (χ0v) is 13.4. The Labute approximate surface area is 133 Å². The molecule has 0 aliphatic carbocycles. The molecule has 3 aromatic rings. The molecule has 0 bridgehead atoms. The Kier molecular flexibility index (Phi) is 3.62. The fraction of sp³-hybridized carbons (Fsp3) is 0.0625.